The predicted molar refractivity (Wildman–Crippen MR) is 158 cm³/mol. The van der Waals surface area contributed by atoms with Gasteiger partial charge < -0.3 is 15.0 Å². The molecule has 0 aliphatic heterocycles. The third-order valence-corrected chi connectivity index (χ3v) is 8.69. The van der Waals surface area contributed by atoms with Gasteiger partial charge in [-0.15, -0.1) is 0 Å². The molecule has 0 aliphatic carbocycles. The minimum atomic E-state index is -4.19. The lowest BCUT2D eigenvalue weighted by molar-refractivity contribution is -0.139. The van der Waals surface area contributed by atoms with Crippen LogP contribution in [0.15, 0.2) is 77.7 Å². The summed E-state index contributed by atoms with van der Waals surface area (Å²) < 4.78 is 33.8. The molecule has 0 saturated heterocycles. The summed E-state index contributed by atoms with van der Waals surface area (Å²) in [6, 6.07) is 18.3. The van der Waals surface area contributed by atoms with E-state index in [1.807, 2.05) is 13.8 Å². The molecule has 2 amide bonds. The van der Waals surface area contributed by atoms with Gasteiger partial charge in [0.15, 0.2) is 0 Å². The van der Waals surface area contributed by atoms with Crippen molar-refractivity contribution in [3.63, 3.8) is 0 Å². The molecule has 0 unspecified atom stereocenters. The molecule has 0 bridgehead atoms. The van der Waals surface area contributed by atoms with Gasteiger partial charge in [-0.3, -0.25) is 13.9 Å². The van der Waals surface area contributed by atoms with Crippen molar-refractivity contribution in [3.05, 3.63) is 88.4 Å². The molecule has 8 nitrogen and oxygen atoms in total. The minimum Gasteiger partial charge on any atom is -0.497 e. The number of methoxy groups -OCH3 is 1. The second-order valence-electron chi connectivity index (χ2n) is 9.61. The van der Waals surface area contributed by atoms with Crippen molar-refractivity contribution in [1.29, 1.82) is 0 Å². The number of halogens is 2. The Labute approximate surface area is 245 Å². The van der Waals surface area contributed by atoms with E-state index in [-0.39, 0.29) is 39.0 Å². The highest BCUT2D eigenvalue weighted by molar-refractivity contribution is 7.92. The number of sulfonamides is 1. The fraction of sp³-hybridized carbons (Fsp3) is 0.310. The zero-order chi connectivity index (χ0) is 29.4. The molecule has 0 radical (unpaired) electrons. The normalized spacial score (nSPS) is 12.1. The summed E-state index contributed by atoms with van der Waals surface area (Å²) in [7, 11) is -2.64. The molecule has 3 rings (SSSR count). The third-order valence-electron chi connectivity index (χ3n) is 6.17. The van der Waals surface area contributed by atoms with Gasteiger partial charge in [-0.2, -0.15) is 0 Å². The van der Waals surface area contributed by atoms with Crippen LogP contribution in [0.5, 0.6) is 5.75 Å². The van der Waals surface area contributed by atoms with Crippen LogP contribution in [0.4, 0.5) is 5.69 Å². The Kier molecular flexibility index (Phi) is 10.8. The first-order valence-electron chi connectivity index (χ1n) is 12.7. The first kappa shape index (κ1) is 31.3. The molecule has 214 valence electrons. The first-order chi connectivity index (χ1) is 18.9. The number of carbonyl (C=O) groups excluding carboxylic acids is 2. The number of ether oxygens (including phenoxy) is 1. The number of nitrogens with one attached hydrogen (secondary N) is 1. The van der Waals surface area contributed by atoms with Gasteiger partial charge in [-0.05, 0) is 60.9 Å². The highest BCUT2D eigenvalue weighted by Crippen LogP contribution is 2.31. The maximum Gasteiger partial charge on any atom is 0.264 e. The van der Waals surface area contributed by atoms with Crippen LogP contribution in [0, 0.1) is 5.92 Å². The van der Waals surface area contributed by atoms with E-state index in [1.54, 1.807) is 56.5 Å². The molecule has 40 heavy (non-hydrogen) atoms. The molecule has 0 heterocycles. The summed E-state index contributed by atoms with van der Waals surface area (Å²) in [5.74, 6) is -0.0664. The zero-order valence-corrected chi connectivity index (χ0v) is 25.1. The van der Waals surface area contributed by atoms with E-state index in [0.717, 1.165) is 9.87 Å². The first-order valence-corrected chi connectivity index (χ1v) is 14.9. The molecule has 0 aliphatic rings. The van der Waals surface area contributed by atoms with Crippen LogP contribution in [-0.2, 0) is 26.2 Å². The van der Waals surface area contributed by atoms with E-state index < -0.39 is 28.5 Å². The maximum absolute atomic E-state index is 13.9. The van der Waals surface area contributed by atoms with E-state index in [9.17, 15) is 18.0 Å². The lowest BCUT2D eigenvalue weighted by Gasteiger charge is -2.32. The van der Waals surface area contributed by atoms with Crippen LogP contribution in [0.2, 0.25) is 10.0 Å². The Morgan fingerprint density at radius 2 is 1.57 bits per heavy atom. The number of carbonyl (C=O) groups is 2. The van der Waals surface area contributed by atoms with E-state index >= 15 is 0 Å². The maximum atomic E-state index is 13.9. The highest BCUT2D eigenvalue weighted by Gasteiger charge is 2.32. The van der Waals surface area contributed by atoms with Crippen LogP contribution in [0.25, 0.3) is 0 Å². The molecule has 0 saturated carbocycles. The van der Waals surface area contributed by atoms with Crippen molar-refractivity contribution in [1.82, 2.24) is 10.2 Å². The summed E-state index contributed by atoms with van der Waals surface area (Å²) >= 11 is 12.3. The van der Waals surface area contributed by atoms with Gasteiger partial charge in [0.25, 0.3) is 10.0 Å². The van der Waals surface area contributed by atoms with Crippen molar-refractivity contribution < 1.29 is 22.7 Å². The minimum absolute atomic E-state index is 0.00157. The molecule has 0 fully saturated rings. The Morgan fingerprint density at radius 1 is 0.925 bits per heavy atom. The molecule has 1 atom stereocenters. The number of rotatable bonds is 12. The lowest BCUT2D eigenvalue weighted by Crippen LogP contribution is -2.51. The molecule has 0 spiro atoms. The Morgan fingerprint density at radius 3 is 2.15 bits per heavy atom. The predicted octanol–water partition coefficient (Wildman–Crippen LogP) is 5.39. The molecule has 3 aromatic rings. The molecule has 0 aromatic heterocycles. The van der Waals surface area contributed by atoms with E-state index in [0.29, 0.717) is 12.3 Å². The third kappa shape index (κ3) is 7.90. The lowest BCUT2D eigenvalue weighted by atomic mass is 10.1. The molecule has 11 heteroatoms. The van der Waals surface area contributed by atoms with Crippen molar-refractivity contribution in [3.8, 4) is 5.75 Å². The van der Waals surface area contributed by atoms with Gasteiger partial charge in [0.1, 0.15) is 18.3 Å². The van der Waals surface area contributed by atoms with E-state index in [2.05, 4.69) is 5.32 Å². The summed E-state index contributed by atoms with van der Waals surface area (Å²) in [5.41, 5.74) is 0.901. The SMILES string of the molecule is COc1ccc(CN(C(=O)CN(c2ccc(Cl)c(Cl)c2)S(=O)(=O)c2ccccc2)[C@H](C)C(=O)NCC(C)C)cc1. The summed E-state index contributed by atoms with van der Waals surface area (Å²) in [6.45, 7) is 5.48. The Bertz CT molecular complexity index is 1420. The molecule has 1 N–H and O–H groups in total. The van der Waals surface area contributed by atoms with Gasteiger partial charge in [0, 0.05) is 13.1 Å². The average Bonchev–Trinajstić information content (AvgIpc) is 2.95. The zero-order valence-electron chi connectivity index (χ0n) is 22.8. The summed E-state index contributed by atoms with van der Waals surface area (Å²) in [5, 5.41) is 3.24. The van der Waals surface area contributed by atoms with Gasteiger partial charge in [-0.25, -0.2) is 8.42 Å². The molecular weight excluding hydrogens is 573 g/mol. The van der Waals surface area contributed by atoms with Crippen LogP contribution >= 0.6 is 23.2 Å². The van der Waals surface area contributed by atoms with Gasteiger partial charge >= 0.3 is 0 Å². The fourth-order valence-electron chi connectivity index (χ4n) is 3.85. The number of anilines is 1. The number of nitrogens with zero attached hydrogens (tertiary/aromatic N) is 2. The van der Waals surface area contributed by atoms with Crippen LogP contribution in [0.1, 0.15) is 26.3 Å². The highest BCUT2D eigenvalue weighted by atomic mass is 35.5. The van der Waals surface area contributed by atoms with Gasteiger partial charge in [-0.1, -0.05) is 67.4 Å². The number of benzene rings is 3. The van der Waals surface area contributed by atoms with Crippen molar-refractivity contribution in [2.75, 3.05) is 24.5 Å². The number of hydrogen-bond acceptors (Lipinski definition) is 5. The average molecular weight is 607 g/mol. The topological polar surface area (TPSA) is 96.0 Å². The largest absolute Gasteiger partial charge is 0.497 e. The van der Waals surface area contributed by atoms with Crippen LogP contribution in [0.3, 0.4) is 0 Å². The number of amides is 2. The van der Waals surface area contributed by atoms with Crippen LogP contribution in [-0.4, -0.2) is 51.4 Å². The standard InChI is InChI=1S/C29H33Cl2N3O5S/c1-20(2)17-32-29(36)21(3)33(18-22-10-13-24(39-4)14-11-22)28(35)19-34(23-12-15-26(30)27(31)16-23)40(37,38)25-8-6-5-7-9-25/h5-16,20-21H,17-19H2,1-4H3,(H,32,36)/t21-/m1/s1. The monoisotopic (exact) mass is 605 g/mol. The van der Waals surface area contributed by atoms with Crippen molar-refractivity contribution in [2.24, 2.45) is 5.92 Å². The summed E-state index contributed by atoms with van der Waals surface area (Å²) in [6.07, 6.45) is 0. The van der Waals surface area contributed by atoms with Gasteiger partial charge in [0.05, 0.1) is 27.7 Å². The quantitative estimate of drug-likeness (QED) is 0.299. The molecular formula is C29H33Cl2N3O5S. The van der Waals surface area contributed by atoms with Gasteiger partial charge in [0.2, 0.25) is 11.8 Å². The smallest absolute Gasteiger partial charge is 0.264 e. The second-order valence-corrected chi connectivity index (χ2v) is 12.3. The number of hydrogen-bond donors (Lipinski definition) is 1. The van der Waals surface area contributed by atoms with Crippen LogP contribution < -0.4 is 14.4 Å². The molecule has 3 aromatic carbocycles. The Hall–Kier alpha value is -3.27. The van der Waals surface area contributed by atoms with Crippen molar-refractivity contribution >= 4 is 50.7 Å². The summed E-state index contributed by atoms with van der Waals surface area (Å²) in [4.78, 5) is 28.3. The van der Waals surface area contributed by atoms with E-state index in [4.69, 9.17) is 27.9 Å². The second kappa shape index (κ2) is 13.9. The fourth-order valence-corrected chi connectivity index (χ4v) is 5.57. The Balaban J connectivity index is 2.02. The van der Waals surface area contributed by atoms with E-state index in [1.165, 1.54) is 35.2 Å². The van der Waals surface area contributed by atoms with Crippen molar-refractivity contribution in [2.45, 2.75) is 38.3 Å².